The maximum Gasteiger partial charge on any atom is 0.326 e. The fraction of sp³-hybridized carbons (Fsp3) is 0.882. The Morgan fingerprint density at radius 1 is 1.14 bits per heavy atom. The standard InChI is InChI=1S/C17H30N2O3/c1-4-13-8-5-6-10-18(13)15(12(2)3)16(20)19-11-7-9-14(19)17(21)22/h12-15H,4-11H2,1-3H3,(H,21,22). The minimum Gasteiger partial charge on any atom is -0.480 e. The number of carbonyl (C=O) groups excluding carboxylic acids is 1. The van der Waals surface area contributed by atoms with Crippen molar-refractivity contribution in [1.82, 2.24) is 9.80 Å². The fourth-order valence-corrected chi connectivity index (χ4v) is 4.09. The van der Waals surface area contributed by atoms with E-state index in [4.69, 9.17) is 0 Å². The number of carboxylic acids is 1. The van der Waals surface area contributed by atoms with Gasteiger partial charge in [0.1, 0.15) is 6.04 Å². The summed E-state index contributed by atoms with van der Waals surface area (Å²) in [6, 6.07) is -0.347. The van der Waals surface area contributed by atoms with Gasteiger partial charge in [0, 0.05) is 12.6 Å². The number of aliphatic carboxylic acids is 1. The molecule has 3 unspecified atom stereocenters. The molecule has 3 atom stereocenters. The molecule has 1 amide bonds. The van der Waals surface area contributed by atoms with Gasteiger partial charge in [-0.25, -0.2) is 4.79 Å². The van der Waals surface area contributed by atoms with Crippen molar-refractivity contribution in [3.05, 3.63) is 0 Å². The summed E-state index contributed by atoms with van der Waals surface area (Å²) in [5, 5.41) is 9.35. The Morgan fingerprint density at radius 2 is 1.86 bits per heavy atom. The highest BCUT2D eigenvalue weighted by Gasteiger charge is 2.41. The van der Waals surface area contributed by atoms with Crippen molar-refractivity contribution in [1.29, 1.82) is 0 Å². The summed E-state index contributed by atoms with van der Waals surface area (Å²) in [5.74, 6) is -0.631. The van der Waals surface area contributed by atoms with Crippen LogP contribution in [0.15, 0.2) is 0 Å². The summed E-state index contributed by atoms with van der Waals surface area (Å²) in [6.45, 7) is 7.88. The van der Waals surface area contributed by atoms with Crippen molar-refractivity contribution in [3.63, 3.8) is 0 Å². The van der Waals surface area contributed by atoms with E-state index in [1.54, 1.807) is 4.90 Å². The lowest BCUT2D eigenvalue weighted by atomic mass is 9.92. The molecule has 0 bridgehead atoms. The van der Waals surface area contributed by atoms with Crippen LogP contribution in [-0.4, -0.2) is 58.0 Å². The van der Waals surface area contributed by atoms with Gasteiger partial charge in [0.05, 0.1) is 6.04 Å². The van der Waals surface area contributed by atoms with Gasteiger partial charge in [-0.3, -0.25) is 9.69 Å². The number of hydrogen-bond donors (Lipinski definition) is 1. The fourth-order valence-electron chi connectivity index (χ4n) is 4.09. The van der Waals surface area contributed by atoms with Gasteiger partial charge in [-0.1, -0.05) is 27.2 Å². The minimum atomic E-state index is -0.862. The average Bonchev–Trinajstić information content (AvgIpc) is 2.97. The highest BCUT2D eigenvalue weighted by atomic mass is 16.4. The lowest BCUT2D eigenvalue weighted by Gasteiger charge is -2.43. The van der Waals surface area contributed by atoms with E-state index >= 15 is 0 Å². The molecule has 2 aliphatic rings. The monoisotopic (exact) mass is 310 g/mol. The number of hydrogen-bond acceptors (Lipinski definition) is 3. The molecule has 0 aromatic carbocycles. The maximum absolute atomic E-state index is 13.1. The Morgan fingerprint density at radius 3 is 2.45 bits per heavy atom. The molecule has 0 aliphatic carbocycles. The first-order valence-electron chi connectivity index (χ1n) is 8.76. The zero-order valence-electron chi connectivity index (χ0n) is 14.1. The van der Waals surface area contributed by atoms with Crippen LogP contribution < -0.4 is 0 Å². The Kier molecular flexibility index (Phi) is 5.84. The van der Waals surface area contributed by atoms with Crippen LogP contribution in [0.5, 0.6) is 0 Å². The van der Waals surface area contributed by atoms with Gasteiger partial charge in [0.2, 0.25) is 5.91 Å². The smallest absolute Gasteiger partial charge is 0.326 e. The van der Waals surface area contributed by atoms with Gasteiger partial charge >= 0.3 is 5.97 Å². The van der Waals surface area contributed by atoms with E-state index in [9.17, 15) is 14.7 Å². The third-order valence-corrected chi connectivity index (χ3v) is 5.21. The number of nitrogens with zero attached hydrogens (tertiary/aromatic N) is 2. The predicted molar refractivity (Wildman–Crippen MR) is 85.6 cm³/mol. The molecule has 1 N–H and O–H groups in total. The molecule has 126 valence electrons. The van der Waals surface area contributed by atoms with Gasteiger partial charge in [-0.2, -0.15) is 0 Å². The maximum atomic E-state index is 13.1. The van der Waals surface area contributed by atoms with Gasteiger partial charge in [-0.05, 0) is 44.6 Å². The molecule has 2 rings (SSSR count). The Labute approximate surface area is 133 Å². The first-order chi connectivity index (χ1) is 10.5. The minimum absolute atomic E-state index is 0.0280. The highest BCUT2D eigenvalue weighted by molar-refractivity contribution is 5.87. The predicted octanol–water partition coefficient (Wildman–Crippen LogP) is 2.35. The van der Waals surface area contributed by atoms with E-state index in [0.717, 1.165) is 32.2 Å². The van der Waals surface area contributed by atoms with Crippen molar-refractivity contribution < 1.29 is 14.7 Å². The van der Waals surface area contributed by atoms with Gasteiger partial charge in [-0.15, -0.1) is 0 Å². The van der Waals surface area contributed by atoms with Crippen molar-refractivity contribution >= 4 is 11.9 Å². The van der Waals surface area contributed by atoms with Gasteiger partial charge in [0.15, 0.2) is 0 Å². The Balaban J connectivity index is 2.19. The molecule has 2 saturated heterocycles. The normalized spacial score (nSPS) is 28.1. The first kappa shape index (κ1) is 17.3. The van der Waals surface area contributed by atoms with Crippen molar-refractivity contribution in [3.8, 4) is 0 Å². The molecule has 5 nitrogen and oxygen atoms in total. The second-order valence-corrected chi connectivity index (χ2v) is 7.01. The van der Waals surface area contributed by atoms with Crippen LogP contribution in [-0.2, 0) is 9.59 Å². The van der Waals surface area contributed by atoms with E-state index in [-0.39, 0.29) is 17.9 Å². The molecular weight excluding hydrogens is 280 g/mol. The lowest BCUT2D eigenvalue weighted by molar-refractivity contribution is -0.152. The van der Waals surface area contributed by atoms with Crippen LogP contribution >= 0.6 is 0 Å². The third-order valence-electron chi connectivity index (χ3n) is 5.21. The molecule has 0 aromatic rings. The molecule has 5 heteroatoms. The molecule has 2 fully saturated rings. The number of piperidine rings is 1. The summed E-state index contributed by atoms with van der Waals surface area (Å²) < 4.78 is 0. The zero-order valence-corrected chi connectivity index (χ0v) is 14.1. The Bertz CT molecular complexity index is 411. The molecule has 2 heterocycles. The second kappa shape index (κ2) is 7.44. The van der Waals surface area contributed by atoms with E-state index in [0.29, 0.717) is 19.0 Å². The van der Waals surface area contributed by atoms with Crippen LogP contribution in [0.2, 0.25) is 0 Å². The molecule has 0 saturated carbocycles. The van der Waals surface area contributed by atoms with Crippen LogP contribution in [0.1, 0.15) is 59.3 Å². The molecule has 0 aromatic heterocycles. The number of carbonyl (C=O) groups is 2. The quantitative estimate of drug-likeness (QED) is 0.847. The number of rotatable bonds is 5. The summed E-state index contributed by atoms with van der Waals surface area (Å²) in [4.78, 5) is 28.5. The summed E-state index contributed by atoms with van der Waals surface area (Å²) >= 11 is 0. The summed E-state index contributed by atoms with van der Waals surface area (Å²) in [5.41, 5.74) is 0. The molecule has 2 aliphatic heterocycles. The van der Waals surface area contributed by atoms with Gasteiger partial charge < -0.3 is 10.0 Å². The molecule has 0 radical (unpaired) electrons. The van der Waals surface area contributed by atoms with Crippen LogP contribution in [0.4, 0.5) is 0 Å². The van der Waals surface area contributed by atoms with Crippen LogP contribution in [0.3, 0.4) is 0 Å². The van der Waals surface area contributed by atoms with E-state index in [1.165, 1.54) is 6.42 Å². The van der Waals surface area contributed by atoms with Crippen molar-refractivity contribution in [2.75, 3.05) is 13.1 Å². The molecular formula is C17H30N2O3. The van der Waals surface area contributed by atoms with E-state index < -0.39 is 12.0 Å². The van der Waals surface area contributed by atoms with Crippen LogP contribution in [0, 0.1) is 5.92 Å². The summed E-state index contributed by atoms with van der Waals surface area (Å²) in [7, 11) is 0. The molecule has 0 spiro atoms. The zero-order chi connectivity index (χ0) is 16.3. The third kappa shape index (κ3) is 3.45. The SMILES string of the molecule is CCC1CCCCN1C(C(=O)N1CCCC1C(=O)O)C(C)C. The van der Waals surface area contributed by atoms with Crippen molar-refractivity contribution in [2.45, 2.75) is 77.4 Å². The highest BCUT2D eigenvalue weighted by Crippen LogP contribution is 2.28. The molecule has 22 heavy (non-hydrogen) atoms. The lowest BCUT2D eigenvalue weighted by Crippen LogP contribution is -2.57. The van der Waals surface area contributed by atoms with Gasteiger partial charge in [0.25, 0.3) is 0 Å². The van der Waals surface area contributed by atoms with Crippen molar-refractivity contribution in [2.24, 2.45) is 5.92 Å². The topological polar surface area (TPSA) is 60.9 Å². The first-order valence-corrected chi connectivity index (χ1v) is 8.76. The van der Waals surface area contributed by atoms with Crippen LogP contribution in [0.25, 0.3) is 0 Å². The number of amides is 1. The number of carboxylic acid groups (broad SMARTS) is 1. The largest absolute Gasteiger partial charge is 0.480 e. The summed E-state index contributed by atoms with van der Waals surface area (Å²) in [6.07, 6.45) is 5.95. The Hall–Kier alpha value is -1.10. The van der Waals surface area contributed by atoms with E-state index in [1.807, 2.05) is 0 Å². The second-order valence-electron chi connectivity index (χ2n) is 7.01. The van der Waals surface area contributed by atoms with E-state index in [2.05, 4.69) is 25.7 Å². The number of likely N-dealkylation sites (tertiary alicyclic amines) is 2. The average molecular weight is 310 g/mol.